The number of thioether (sulfide) groups is 3. The standard InChI is InChI=1S/C41H41NO2S3/c1-31(33-20-10-4-11-21-33)42(30-32-18-8-3-9-19-32)38-29-28-37(39(38)40(43)44-2)41(45-34-22-12-5-13-23-34,46-35-24-14-6-15-25-35)47-36-26-16-7-17-27-36/h3-27,31,37-39H,28-30H2,1-2H3/t31-,37-,38-,39+/m0/s1. The first kappa shape index (κ1) is 33.5. The summed E-state index contributed by atoms with van der Waals surface area (Å²) < 4.78 is 5.27. The van der Waals surface area contributed by atoms with Gasteiger partial charge in [-0.25, -0.2) is 0 Å². The molecule has 240 valence electrons. The average molecular weight is 676 g/mol. The highest BCUT2D eigenvalue weighted by atomic mass is 32.3. The zero-order chi connectivity index (χ0) is 32.5. The van der Waals surface area contributed by atoms with Crippen molar-refractivity contribution in [2.45, 2.75) is 56.5 Å². The molecule has 0 amide bonds. The second kappa shape index (κ2) is 16.1. The van der Waals surface area contributed by atoms with Crippen LogP contribution in [0.25, 0.3) is 0 Å². The summed E-state index contributed by atoms with van der Waals surface area (Å²) in [5.74, 6) is -0.462. The van der Waals surface area contributed by atoms with E-state index in [1.807, 2.05) is 35.3 Å². The summed E-state index contributed by atoms with van der Waals surface area (Å²) in [4.78, 5) is 20.4. The van der Waals surface area contributed by atoms with Crippen molar-refractivity contribution in [2.24, 2.45) is 11.8 Å². The summed E-state index contributed by atoms with van der Waals surface area (Å²) in [7, 11) is 1.55. The third-order valence-electron chi connectivity index (χ3n) is 8.97. The molecule has 0 radical (unpaired) electrons. The quantitative estimate of drug-likeness (QED) is 0.0701. The molecule has 0 N–H and O–H groups in total. The Hall–Kier alpha value is -3.42. The second-order valence-corrected chi connectivity index (χ2v) is 16.6. The van der Waals surface area contributed by atoms with Gasteiger partial charge in [0.15, 0.2) is 0 Å². The van der Waals surface area contributed by atoms with Crippen LogP contribution in [0.1, 0.15) is 36.9 Å². The Morgan fingerprint density at radius 3 is 1.55 bits per heavy atom. The lowest BCUT2D eigenvalue weighted by Gasteiger charge is -2.43. The van der Waals surface area contributed by atoms with Crippen LogP contribution in [-0.4, -0.2) is 27.4 Å². The van der Waals surface area contributed by atoms with E-state index in [2.05, 4.69) is 163 Å². The molecule has 0 aliphatic heterocycles. The van der Waals surface area contributed by atoms with Crippen LogP contribution in [0, 0.1) is 11.8 Å². The molecular weight excluding hydrogens is 635 g/mol. The smallest absolute Gasteiger partial charge is 0.310 e. The average Bonchev–Trinajstić information content (AvgIpc) is 3.58. The minimum Gasteiger partial charge on any atom is -0.469 e. The third kappa shape index (κ3) is 8.18. The van der Waals surface area contributed by atoms with Crippen LogP contribution in [0.15, 0.2) is 166 Å². The zero-order valence-corrected chi connectivity index (χ0v) is 29.3. The topological polar surface area (TPSA) is 29.5 Å². The lowest BCUT2D eigenvalue weighted by Crippen LogP contribution is -2.46. The molecule has 0 heterocycles. The lowest BCUT2D eigenvalue weighted by atomic mass is 9.91. The van der Waals surface area contributed by atoms with Gasteiger partial charge in [-0.3, -0.25) is 9.69 Å². The van der Waals surface area contributed by atoms with E-state index in [0.29, 0.717) is 0 Å². The maximum absolute atomic E-state index is 14.3. The number of methoxy groups -OCH3 is 1. The first-order chi connectivity index (χ1) is 23.1. The Labute approximate surface area is 292 Å². The normalized spacial score (nSPS) is 18.6. The molecule has 0 unspecified atom stereocenters. The Bertz CT molecular complexity index is 1570. The molecule has 6 rings (SSSR count). The summed E-state index contributed by atoms with van der Waals surface area (Å²) in [5, 5.41) is 0. The Morgan fingerprint density at radius 1 is 0.681 bits per heavy atom. The van der Waals surface area contributed by atoms with E-state index in [4.69, 9.17) is 4.74 Å². The van der Waals surface area contributed by atoms with Crippen LogP contribution in [0.4, 0.5) is 0 Å². The summed E-state index contributed by atoms with van der Waals surface area (Å²) in [6.45, 7) is 3.03. The van der Waals surface area contributed by atoms with E-state index in [1.165, 1.54) is 25.8 Å². The predicted octanol–water partition coefficient (Wildman–Crippen LogP) is 10.8. The maximum Gasteiger partial charge on any atom is 0.310 e. The minimum atomic E-state index is -0.466. The van der Waals surface area contributed by atoms with Gasteiger partial charge in [-0.1, -0.05) is 151 Å². The van der Waals surface area contributed by atoms with Crippen LogP contribution >= 0.6 is 35.3 Å². The molecule has 1 aliphatic rings. The number of carbonyl (C=O) groups excluding carboxylic acids is 1. The summed E-state index contributed by atoms with van der Waals surface area (Å²) >= 11 is 5.63. The van der Waals surface area contributed by atoms with Crippen LogP contribution in [0.5, 0.6) is 0 Å². The van der Waals surface area contributed by atoms with Crippen LogP contribution in [0.2, 0.25) is 0 Å². The van der Waals surface area contributed by atoms with Gasteiger partial charge in [0.1, 0.15) is 3.41 Å². The van der Waals surface area contributed by atoms with Gasteiger partial charge in [-0.15, -0.1) is 0 Å². The fourth-order valence-electron chi connectivity index (χ4n) is 6.71. The highest BCUT2D eigenvalue weighted by molar-refractivity contribution is 8.33. The Morgan fingerprint density at radius 2 is 1.11 bits per heavy atom. The number of esters is 1. The van der Waals surface area contributed by atoms with Gasteiger partial charge in [0.2, 0.25) is 0 Å². The number of hydrogen-bond acceptors (Lipinski definition) is 6. The van der Waals surface area contributed by atoms with Crippen molar-refractivity contribution >= 4 is 41.3 Å². The molecule has 0 aromatic heterocycles. The molecule has 0 spiro atoms. The van der Waals surface area contributed by atoms with Crippen molar-refractivity contribution in [3.63, 3.8) is 0 Å². The molecule has 1 saturated carbocycles. The van der Waals surface area contributed by atoms with Crippen molar-refractivity contribution < 1.29 is 9.53 Å². The van der Waals surface area contributed by atoms with Crippen LogP contribution in [0.3, 0.4) is 0 Å². The van der Waals surface area contributed by atoms with Gasteiger partial charge < -0.3 is 4.74 Å². The third-order valence-corrected chi connectivity index (χ3v) is 13.8. The Kier molecular flexibility index (Phi) is 11.5. The van der Waals surface area contributed by atoms with Gasteiger partial charge in [-0.2, -0.15) is 0 Å². The van der Waals surface area contributed by atoms with E-state index in [-0.39, 0.29) is 29.9 Å². The number of carbonyl (C=O) groups is 1. The van der Waals surface area contributed by atoms with Crippen LogP contribution < -0.4 is 0 Å². The zero-order valence-electron chi connectivity index (χ0n) is 26.9. The first-order valence-electron chi connectivity index (χ1n) is 16.2. The highest BCUT2D eigenvalue weighted by Crippen LogP contribution is 2.64. The van der Waals surface area contributed by atoms with Gasteiger partial charge in [0.25, 0.3) is 0 Å². The number of rotatable bonds is 13. The molecule has 5 aromatic carbocycles. The van der Waals surface area contributed by atoms with Gasteiger partial charge in [0.05, 0.1) is 13.0 Å². The largest absolute Gasteiger partial charge is 0.469 e. The second-order valence-electron chi connectivity index (χ2n) is 11.9. The SMILES string of the molecule is COC(=O)[C@H]1[C@@H](N(Cc2ccccc2)[C@@H](C)c2ccccc2)CC[C@@H]1C(Sc1ccccc1)(Sc1ccccc1)Sc1ccccc1. The van der Waals surface area contributed by atoms with Crippen LogP contribution in [-0.2, 0) is 16.1 Å². The molecule has 3 nitrogen and oxygen atoms in total. The van der Waals surface area contributed by atoms with Crippen molar-refractivity contribution in [2.75, 3.05) is 7.11 Å². The summed E-state index contributed by atoms with van der Waals surface area (Å²) in [6, 6.07) is 53.4. The number of nitrogens with zero attached hydrogens (tertiary/aromatic N) is 1. The predicted molar refractivity (Wildman–Crippen MR) is 198 cm³/mol. The van der Waals surface area contributed by atoms with E-state index >= 15 is 0 Å². The van der Waals surface area contributed by atoms with Gasteiger partial charge in [0, 0.05) is 39.2 Å². The monoisotopic (exact) mass is 675 g/mol. The molecular formula is C41H41NO2S3. The van der Waals surface area contributed by atoms with E-state index in [9.17, 15) is 4.79 Å². The summed E-state index contributed by atoms with van der Waals surface area (Å²) in [6.07, 6.45) is 1.80. The molecule has 47 heavy (non-hydrogen) atoms. The first-order valence-corrected chi connectivity index (χ1v) is 18.7. The molecule has 5 aromatic rings. The molecule has 0 bridgehead atoms. The molecule has 0 saturated heterocycles. The molecule has 6 heteroatoms. The number of benzene rings is 5. The number of ether oxygens (including phenoxy) is 1. The van der Waals surface area contributed by atoms with E-state index < -0.39 is 3.41 Å². The highest BCUT2D eigenvalue weighted by Gasteiger charge is 2.56. The summed E-state index contributed by atoms with van der Waals surface area (Å²) in [5.41, 5.74) is 2.49. The van der Waals surface area contributed by atoms with Crippen molar-refractivity contribution in [3.8, 4) is 0 Å². The van der Waals surface area contributed by atoms with Gasteiger partial charge >= 0.3 is 5.97 Å². The van der Waals surface area contributed by atoms with E-state index in [1.54, 1.807) is 7.11 Å². The molecule has 4 atom stereocenters. The van der Waals surface area contributed by atoms with Crippen molar-refractivity contribution in [1.29, 1.82) is 0 Å². The van der Waals surface area contributed by atoms with Gasteiger partial charge in [-0.05, 0) is 67.3 Å². The number of hydrogen-bond donors (Lipinski definition) is 0. The fraction of sp³-hybridized carbons (Fsp3) is 0.244. The fourth-order valence-corrected chi connectivity index (χ4v) is 12.1. The van der Waals surface area contributed by atoms with Crippen molar-refractivity contribution in [3.05, 3.63) is 163 Å². The molecule has 1 fully saturated rings. The Balaban J connectivity index is 1.48. The minimum absolute atomic E-state index is 0.00168. The maximum atomic E-state index is 14.3. The van der Waals surface area contributed by atoms with Crippen molar-refractivity contribution in [1.82, 2.24) is 4.90 Å². The lowest BCUT2D eigenvalue weighted by molar-refractivity contribution is -0.149. The van der Waals surface area contributed by atoms with E-state index in [0.717, 1.165) is 19.4 Å². The molecule has 1 aliphatic carbocycles.